The number of ether oxygens (including phenoxy) is 1. The van der Waals surface area contributed by atoms with Crippen molar-refractivity contribution in [2.75, 3.05) is 5.32 Å². The molecule has 25 heavy (non-hydrogen) atoms. The minimum atomic E-state index is -0.960. The highest BCUT2D eigenvalue weighted by Crippen LogP contribution is 2.12. The van der Waals surface area contributed by atoms with E-state index in [9.17, 15) is 9.59 Å². The summed E-state index contributed by atoms with van der Waals surface area (Å²) in [7, 11) is 0. The van der Waals surface area contributed by atoms with Crippen LogP contribution < -0.4 is 5.32 Å². The number of nitriles is 1. The maximum atomic E-state index is 12.0. The number of nitrogens with zero attached hydrogens (tertiary/aromatic N) is 1. The molecule has 0 saturated heterocycles. The Morgan fingerprint density at radius 1 is 1.16 bits per heavy atom. The van der Waals surface area contributed by atoms with Crippen molar-refractivity contribution in [1.29, 1.82) is 5.26 Å². The largest absolute Gasteiger partial charge is 0.449 e. The molecule has 0 radical (unpaired) electrons. The van der Waals surface area contributed by atoms with Crippen molar-refractivity contribution in [3.8, 4) is 6.07 Å². The topological polar surface area (TPSA) is 79.2 Å². The monoisotopic (exact) mass is 354 g/mol. The molecule has 0 fully saturated rings. The summed E-state index contributed by atoms with van der Waals surface area (Å²) in [5, 5.41) is 12.0. The zero-order valence-corrected chi connectivity index (χ0v) is 14.2. The number of hydrogen-bond acceptors (Lipinski definition) is 4. The van der Waals surface area contributed by atoms with Gasteiger partial charge in [0.05, 0.1) is 11.6 Å². The first kappa shape index (κ1) is 18.2. The van der Waals surface area contributed by atoms with E-state index in [1.54, 1.807) is 54.6 Å². The van der Waals surface area contributed by atoms with E-state index >= 15 is 0 Å². The third kappa shape index (κ3) is 5.79. The van der Waals surface area contributed by atoms with Crippen LogP contribution in [0.25, 0.3) is 6.08 Å². The van der Waals surface area contributed by atoms with Crippen LogP contribution in [0.2, 0.25) is 5.02 Å². The van der Waals surface area contributed by atoms with Crippen molar-refractivity contribution in [1.82, 2.24) is 0 Å². The van der Waals surface area contributed by atoms with Gasteiger partial charge in [0.15, 0.2) is 6.10 Å². The molecule has 126 valence electrons. The Hall–Kier alpha value is -3.10. The van der Waals surface area contributed by atoms with E-state index in [1.165, 1.54) is 13.0 Å². The second kappa shape index (κ2) is 8.67. The second-order valence-electron chi connectivity index (χ2n) is 5.14. The average Bonchev–Trinajstić information content (AvgIpc) is 2.61. The molecule has 0 aromatic heterocycles. The van der Waals surface area contributed by atoms with E-state index < -0.39 is 18.0 Å². The summed E-state index contributed by atoms with van der Waals surface area (Å²) in [5.41, 5.74) is 1.80. The Morgan fingerprint density at radius 2 is 1.80 bits per heavy atom. The van der Waals surface area contributed by atoms with Gasteiger partial charge in [-0.2, -0.15) is 5.26 Å². The van der Waals surface area contributed by atoms with Crippen molar-refractivity contribution in [3.63, 3.8) is 0 Å². The first-order valence-electron chi connectivity index (χ1n) is 7.43. The Labute approximate surface area is 150 Å². The highest BCUT2D eigenvalue weighted by atomic mass is 35.5. The van der Waals surface area contributed by atoms with Crippen molar-refractivity contribution in [2.45, 2.75) is 13.0 Å². The van der Waals surface area contributed by atoms with Crippen LogP contribution >= 0.6 is 11.6 Å². The molecule has 0 spiro atoms. The highest BCUT2D eigenvalue weighted by molar-refractivity contribution is 6.30. The molecular weight excluding hydrogens is 340 g/mol. The molecule has 0 aliphatic carbocycles. The maximum absolute atomic E-state index is 12.0. The normalized spacial score (nSPS) is 11.6. The maximum Gasteiger partial charge on any atom is 0.331 e. The fourth-order valence-corrected chi connectivity index (χ4v) is 2.00. The van der Waals surface area contributed by atoms with Crippen LogP contribution in [0, 0.1) is 11.3 Å². The van der Waals surface area contributed by atoms with E-state index in [4.69, 9.17) is 21.6 Å². The standard InChI is InChI=1S/C19H15ClN2O3/c1-13(19(24)22-17-9-4-15(12-21)5-10-17)25-18(23)11-6-14-2-7-16(20)8-3-14/h2-11,13H,1H3,(H,22,24)/b11-6+/t13-/m0/s1. The molecule has 1 atom stereocenters. The lowest BCUT2D eigenvalue weighted by atomic mass is 10.2. The molecule has 0 aliphatic heterocycles. The number of amides is 1. The summed E-state index contributed by atoms with van der Waals surface area (Å²) in [6, 6.07) is 15.3. The summed E-state index contributed by atoms with van der Waals surface area (Å²) >= 11 is 5.79. The summed E-state index contributed by atoms with van der Waals surface area (Å²) in [5.74, 6) is -1.09. The van der Waals surface area contributed by atoms with Gasteiger partial charge in [-0.1, -0.05) is 23.7 Å². The fourth-order valence-electron chi connectivity index (χ4n) is 1.88. The quantitative estimate of drug-likeness (QED) is 0.654. The molecule has 2 rings (SSSR count). The SMILES string of the molecule is C[C@H](OC(=O)/C=C/c1ccc(Cl)cc1)C(=O)Nc1ccc(C#N)cc1. The Morgan fingerprint density at radius 3 is 2.40 bits per heavy atom. The van der Waals surface area contributed by atoms with Crippen molar-refractivity contribution >= 4 is 35.2 Å². The van der Waals surface area contributed by atoms with E-state index in [1.807, 2.05) is 6.07 Å². The minimum Gasteiger partial charge on any atom is -0.449 e. The van der Waals surface area contributed by atoms with Gasteiger partial charge in [0.1, 0.15) is 0 Å². The van der Waals surface area contributed by atoms with Gasteiger partial charge in [0, 0.05) is 16.8 Å². The molecular formula is C19H15ClN2O3. The van der Waals surface area contributed by atoms with Gasteiger partial charge < -0.3 is 10.1 Å². The van der Waals surface area contributed by atoms with Gasteiger partial charge >= 0.3 is 5.97 Å². The minimum absolute atomic E-state index is 0.460. The Balaban J connectivity index is 1.87. The number of carbonyl (C=O) groups excluding carboxylic acids is 2. The summed E-state index contributed by atoms with van der Waals surface area (Å²) < 4.78 is 5.06. The van der Waals surface area contributed by atoms with Crippen LogP contribution in [0.1, 0.15) is 18.1 Å². The Bertz CT molecular complexity index is 821. The lowest BCUT2D eigenvalue weighted by Crippen LogP contribution is -2.29. The van der Waals surface area contributed by atoms with E-state index in [0.717, 1.165) is 5.56 Å². The molecule has 0 aliphatic rings. The number of benzene rings is 2. The van der Waals surface area contributed by atoms with Crippen molar-refractivity contribution < 1.29 is 14.3 Å². The summed E-state index contributed by atoms with van der Waals surface area (Å²) in [4.78, 5) is 23.8. The van der Waals surface area contributed by atoms with Crippen LogP contribution in [0.3, 0.4) is 0 Å². The van der Waals surface area contributed by atoms with Crippen LogP contribution in [0.5, 0.6) is 0 Å². The van der Waals surface area contributed by atoms with Gasteiger partial charge in [-0.25, -0.2) is 4.79 Å². The molecule has 0 heterocycles. The van der Waals surface area contributed by atoms with Gasteiger partial charge in [-0.3, -0.25) is 4.79 Å². The third-order valence-electron chi connectivity index (χ3n) is 3.23. The molecule has 1 amide bonds. The van der Waals surface area contributed by atoms with Gasteiger partial charge in [-0.15, -0.1) is 0 Å². The van der Waals surface area contributed by atoms with Gasteiger partial charge in [-0.05, 0) is 55.0 Å². The number of hydrogen-bond donors (Lipinski definition) is 1. The first-order valence-corrected chi connectivity index (χ1v) is 7.81. The molecule has 2 aromatic carbocycles. The number of esters is 1. The zero-order valence-electron chi connectivity index (χ0n) is 13.4. The number of rotatable bonds is 5. The zero-order chi connectivity index (χ0) is 18.2. The molecule has 6 heteroatoms. The fraction of sp³-hybridized carbons (Fsp3) is 0.105. The third-order valence-corrected chi connectivity index (χ3v) is 3.48. The van der Waals surface area contributed by atoms with Gasteiger partial charge in [0.2, 0.25) is 0 Å². The average molecular weight is 355 g/mol. The smallest absolute Gasteiger partial charge is 0.331 e. The van der Waals surface area contributed by atoms with Crippen LogP contribution in [0.15, 0.2) is 54.6 Å². The molecule has 1 N–H and O–H groups in total. The van der Waals surface area contributed by atoms with E-state index in [0.29, 0.717) is 16.3 Å². The highest BCUT2D eigenvalue weighted by Gasteiger charge is 2.16. The molecule has 0 saturated carbocycles. The van der Waals surface area contributed by atoms with E-state index in [-0.39, 0.29) is 0 Å². The molecule has 0 unspecified atom stereocenters. The van der Waals surface area contributed by atoms with Crippen molar-refractivity contribution in [3.05, 3.63) is 70.8 Å². The lowest BCUT2D eigenvalue weighted by Gasteiger charge is -2.12. The van der Waals surface area contributed by atoms with E-state index in [2.05, 4.69) is 5.32 Å². The first-order chi connectivity index (χ1) is 12.0. The number of halogens is 1. The van der Waals surface area contributed by atoms with Crippen LogP contribution in [-0.4, -0.2) is 18.0 Å². The second-order valence-corrected chi connectivity index (χ2v) is 5.58. The molecule has 0 bridgehead atoms. The number of anilines is 1. The Kier molecular flexibility index (Phi) is 6.33. The lowest BCUT2D eigenvalue weighted by molar-refractivity contribution is -0.148. The summed E-state index contributed by atoms with van der Waals surface area (Å²) in [6.45, 7) is 1.48. The predicted octanol–water partition coefficient (Wildman–Crippen LogP) is 3.80. The molecule has 5 nitrogen and oxygen atoms in total. The van der Waals surface area contributed by atoms with Crippen LogP contribution in [-0.2, 0) is 14.3 Å². The predicted molar refractivity (Wildman–Crippen MR) is 95.8 cm³/mol. The molecule has 2 aromatic rings. The summed E-state index contributed by atoms with van der Waals surface area (Å²) in [6.07, 6.45) is 1.86. The number of nitrogens with one attached hydrogen (secondary N) is 1. The number of carbonyl (C=O) groups is 2. The van der Waals surface area contributed by atoms with Crippen molar-refractivity contribution in [2.24, 2.45) is 0 Å². The van der Waals surface area contributed by atoms with Crippen LogP contribution in [0.4, 0.5) is 5.69 Å². The van der Waals surface area contributed by atoms with Gasteiger partial charge in [0.25, 0.3) is 5.91 Å².